The lowest BCUT2D eigenvalue weighted by Crippen LogP contribution is -2.32. The highest BCUT2D eigenvalue weighted by molar-refractivity contribution is 6.22. The van der Waals surface area contributed by atoms with E-state index < -0.39 is 0 Å². The van der Waals surface area contributed by atoms with Gasteiger partial charge in [-0.25, -0.2) is 4.98 Å². The number of aryl methyl sites for hydroxylation is 1. The third-order valence-corrected chi connectivity index (χ3v) is 5.38. The summed E-state index contributed by atoms with van der Waals surface area (Å²) in [7, 11) is 0. The van der Waals surface area contributed by atoms with Gasteiger partial charge in [0.1, 0.15) is 5.52 Å². The van der Waals surface area contributed by atoms with Crippen molar-refractivity contribution in [3.8, 4) is 11.5 Å². The molecule has 29 heavy (non-hydrogen) atoms. The van der Waals surface area contributed by atoms with Gasteiger partial charge in [0.15, 0.2) is 5.58 Å². The lowest BCUT2D eigenvalue weighted by atomic mass is 10.1. The van der Waals surface area contributed by atoms with Gasteiger partial charge in [0, 0.05) is 5.56 Å². The number of carbonyl (C=O) groups is 2. The molecule has 3 aromatic carbocycles. The molecular formula is C24H18N2O3. The number of aromatic nitrogens is 1. The lowest BCUT2D eigenvalue weighted by Gasteiger charge is -2.22. The summed E-state index contributed by atoms with van der Waals surface area (Å²) in [6, 6.07) is 20.2. The van der Waals surface area contributed by atoms with Crippen LogP contribution in [0.3, 0.4) is 0 Å². The molecule has 0 bridgehead atoms. The van der Waals surface area contributed by atoms with Crippen molar-refractivity contribution in [3.05, 3.63) is 89.0 Å². The molecule has 1 aliphatic heterocycles. The number of fused-ring (bicyclic) bond motifs is 2. The molecule has 0 N–H and O–H groups in total. The maximum atomic E-state index is 13.1. The Bertz CT molecular complexity index is 1270. The molecule has 1 aromatic heterocycles. The first-order valence-corrected chi connectivity index (χ1v) is 9.47. The largest absolute Gasteiger partial charge is 0.436 e. The van der Waals surface area contributed by atoms with Gasteiger partial charge in [-0.1, -0.05) is 36.4 Å². The number of nitrogens with zero attached hydrogens (tertiary/aromatic N) is 2. The van der Waals surface area contributed by atoms with Crippen LogP contribution >= 0.6 is 0 Å². The van der Waals surface area contributed by atoms with Crippen LogP contribution in [0.25, 0.3) is 22.6 Å². The molecule has 0 spiro atoms. The predicted octanol–water partition coefficient (Wildman–Crippen LogP) is 5.16. The fraction of sp³-hybridized carbons (Fsp3) is 0.125. The molecule has 5 rings (SSSR count). The molecule has 0 saturated carbocycles. The Hall–Kier alpha value is -3.73. The SMILES string of the molecule is Cc1ccc2nc(-c3ccc4c(c3)C(=O)N(C(C)c3ccccc3)C4=O)oc2c1. The monoisotopic (exact) mass is 382 g/mol. The standard InChI is InChI=1S/C24H18N2O3/c1-14-8-11-20-21(12-14)29-22(25-20)17-9-10-18-19(13-17)24(28)26(23(18)27)15(2)16-6-4-3-5-7-16/h3-13,15H,1-2H3. The molecule has 0 saturated heterocycles. The quantitative estimate of drug-likeness (QED) is 0.459. The highest BCUT2D eigenvalue weighted by Gasteiger charge is 2.39. The first-order chi connectivity index (χ1) is 14.0. The van der Waals surface area contributed by atoms with E-state index in [-0.39, 0.29) is 17.9 Å². The lowest BCUT2D eigenvalue weighted by molar-refractivity contribution is 0.0595. The Morgan fingerprint density at radius 3 is 2.45 bits per heavy atom. The minimum absolute atomic E-state index is 0.277. The summed E-state index contributed by atoms with van der Waals surface area (Å²) in [5, 5.41) is 0. The number of amides is 2. The summed E-state index contributed by atoms with van der Waals surface area (Å²) in [4.78, 5) is 31.8. The molecule has 5 heteroatoms. The number of rotatable bonds is 3. The maximum absolute atomic E-state index is 13.1. The van der Waals surface area contributed by atoms with Crippen molar-refractivity contribution in [2.24, 2.45) is 0 Å². The third kappa shape index (κ3) is 2.74. The Morgan fingerprint density at radius 2 is 1.66 bits per heavy atom. The van der Waals surface area contributed by atoms with E-state index in [4.69, 9.17) is 4.42 Å². The molecule has 142 valence electrons. The van der Waals surface area contributed by atoms with Crippen LogP contribution in [0.2, 0.25) is 0 Å². The van der Waals surface area contributed by atoms with Gasteiger partial charge >= 0.3 is 0 Å². The average molecular weight is 382 g/mol. The van der Waals surface area contributed by atoms with Crippen molar-refractivity contribution in [1.82, 2.24) is 9.88 Å². The topological polar surface area (TPSA) is 63.4 Å². The number of hydrogen-bond acceptors (Lipinski definition) is 4. The number of hydrogen-bond donors (Lipinski definition) is 0. The molecule has 0 fully saturated rings. The first kappa shape index (κ1) is 17.4. The second-order valence-corrected chi connectivity index (χ2v) is 7.32. The van der Waals surface area contributed by atoms with Crippen LogP contribution in [0.4, 0.5) is 0 Å². The van der Waals surface area contributed by atoms with Gasteiger partial charge < -0.3 is 4.42 Å². The summed E-state index contributed by atoms with van der Waals surface area (Å²) in [6.45, 7) is 3.85. The van der Waals surface area contributed by atoms with Crippen LogP contribution in [-0.4, -0.2) is 21.7 Å². The summed E-state index contributed by atoms with van der Waals surface area (Å²) >= 11 is 0. The van der Waals surface area contributed by atoms with Gasteiger partial charge in [-0.15, -0.1) is 0 Å². The second kappa shape index (κ2) is 6.41. The van der Waals surface area contributed by atoms with Crippen molar-refractivity contribution in [3.63, 3.8) is 0 Å². The molecule has 1 atom stereocenters. The van der Waals surface area contributed by atoms with Gasteiger partial charge in [-0.05, 0) is 55.3 Å². The average Bonchev–Trinajstić information content (AvgIpc) is 3.26. The summed E-state index contributed by atoms with van der Waals surface area (Å²) in [5.74, 6) is -0.139. The maximum Gasteiger partial charge on any atom is 0.262 e. The normalized spacial score (nSPS) is 14.5. The number of benzene rings is 3. The van der Waals surface area contributed by atoms with E-state index in [2.05, 4.69) is 4.98 Å². The van der Waals surface area contributed by atoms with E-state index >= 15 is 0 Å². The Kier molecular flexibility index (Phi) is 3.84. The van der Waals surface area contributed by atoms with Crippen molar-refractivity contribution < 1.29 is 14.0 Å². The van der Waals surface area contributed by atoms with Crippen molar-refractivity contribution >= 4 is 22.9 Å². The van der Waals surface area contributed by atoms with Gasteiger partial charge in [0.2, 0.25) is 5.89 Å². The highest BCUT2D eigenvalue weighted by Crippen LogP contribution is 2.34. The summed E-state index contributed by atoms with van der Waals surface area (Å²) in [5.41, 5.74) is 4.92. The molecule has 1 unspecified atom stereocenters. The van der Waals surface area contributed by atoms with Gasteiger partial charge in [0.25, 0.3) is 11.8 Å². The fourth-order valence-electron chi connectivity index (χ4n) is 3.78. The molecular weight excluding hydrogens is 364 g/mol. The van der Waals surface area contributed by atoms with E-state index in [0.29, 0.717) is 28.2 Å². The molecule has 1 aliphatic rings. The number of imide groups is 1. The van der Waals surface area contributed by atoms with E-state index in [1.54, 1.807) is 18.2 Å². The van der Waals surface area contributed by atoms with Crippen LogP contribution in [-0.2, 0) is 0 Å². The predicted molar refractivity (Wildman–Crippen MR) is 110 cm³/mol. The molecule has 2 amide bonds. The van der Waals surface area contributed by atoms with Gasteiger partial charge in [-0.2, -0.15) is 0 Å². The zero-order valence-electron chi connectivity index (χ0n) is 16.0. The molecule has 4 aromatic rings. The molecule has 0 radical (unpaired) electrons. The van der Waals surface area contributed by atoms with Gasteiger partial charge in [0.05, 0.1) is 17.2 Å². The van der Waals surface area contributed by atoms with Gasteiger partial charge in [-0.3, -0.25) is 14.5 Å². The van der Waals surface area contributed by atoms with Crippen LogP contribution < -0.4 is 0 Å². The van der Waals surface area contributed by atoms with E-state index in [0.717, 1.165) is 16.6 Å². The number of carbonyl (C=O) groups excluding carboxylic acids is 2. The Morgan fingerprint density at radius 1 is 0.897 bits per heavy atom. The second-order valence-electron chi connectivity index (χ2n) is 7.32. The molecule has 5 nitrogen and oxygen atoms in total. The van der Waals surface area contributed by atoms with Crippen LogP contribution in [0.1, 0.15) is 44.8 Å². The smallest absolute Gasteiger partial charge is 0.262 e. The number of oxazole rings is 1. The van der Waals surface area contributed by atoms with E-state index in [1.807, 2.05) is 62.4 Å². The highest BCUT2D eigenvalue weighted by atomic mass is 16.3. The minimum Gasteiger partial charge on any atom is -0.436 e. The summed E-state index contributed by atoms with van der Waals surface area (Å²) in [6.07, 6.45) is 0. The third-order valence-electron chi connectivity index (χ3n) is 5.38. The van der Waals surface area contributed by atoms with Crippen LogP contribution in [0.5, 0.6) is 0 Å². The summed E-state index contributed by atoms with van der Waals surface area (Å²) < 4.78 is 5.88. The van der Waals surface area contributed by atoms with Crippen LogP contribution in [0.15, 0.2) is 71.1 Å². The zero-order chi connectivity index (χ0) is 20.1. The van der Waals surface area contributed by atoms with E-state index in [1.165, 1.54) is 4.90 Å². The molecule has 0 aliphatic carbocycles. The van der Waals surface area contributed by atoms with E-state index in [9.17, 15) is 9.59 Å². The minimum atomic E-state index is -0.348. The molecule has 2 heterocycles. The zero-order valence-corrected chi connectivity index (χ0v) is 16.0. The Labute approximate surface area is 167 Å². The van der Waals surface area contributed by atoms with Crippen molar-refractivity contribution in [2.75, 3.05) is 0 Å². The first-order valence-electron chi connectivity index (χ1n) is 9.47. The van der Waals surface area contributed by atoms with Crippen LogP contribution in [0, 0.1) is 6.92 Å². The van der Waals surface area contributed by atoms with Crippen molar-refractivity contribution in [1.29, 1.82) is 0 Å². The van der Waals surface area contributed by atoms with Crippen molar-refractivity contribution in [2.45, 2.75) is 19.9 Å². The Balaban J connectivity index is 1.54. The fourth-order valence-corrected chi connectivity index (χ4v) is 3.78.